The van der Waals surface area contributed by atoms with Gasteiger partial charge in [0.15, 0.2) is 24.8 Å². The van der Waals surface area contributed by atoms with Crippen LogP contribution in [0.15, 0.2) is 121 Å². The molecule has 4 aromatic carbocycles. The highest BCUT2D eigenvalue weighted by atomic mass is 32.3. The van der Waals surface area contributed by atoms with Gasteiger partial charge in [-0.05, 0) is 28.7 Å². The van der Waals surface area contributed by atoms with Crippen molar-refractivity contribution in [3.05, 3.63) is 144 Å². The summed E-state index contributed by atoms with van der Waals surface area (Å²) >= 11 is 0. The average Bonchev–Trinajstić information content (AvgIpc) is 0.756. The van der Waals surface area contributed by atoms with E-state index >= 15 is 0 Å². The van der Waals surface area contributed by atoms with E-state index in [1.165, 1.54) is 103 Å². The number of alkyl carbamates (subject to hydrolysis) is 4. The molecule has 44 nitrogen and oxygen atoms in total. The molecule has 3 aliphatic rings. The predicted octanol–water partition coefficient (Wildman–Crippen LogP) is -0.631. The van der Waals surface area contributed by atoms with Crippen LogP contribution in [-0.2, 0) is 166 Å². The monoisotopic (exact) mass is 1580 g/mol. The Morgan fingerprint density at radius 3 is 1.04 bits per heavy atom. The lowest BCUT2D eigenvalue weighted by atomic mass is 9.83. The third-order valence-electron chi connectivity index (χ3n) is 13.7. The van der Waals surface area contributed by atoms with Crippen LogP contribution in [0.4, 0.5) is 19.2 Å². The van der Waals surface area contributed by atoms with Gasteiger partial charge < -0.3 is 59.2 Å². The van der Waals surface area contributed by atoms with Gasteiger partial charge in [0.2, 0.25) is 0 Å². The highest BCUT2D eigenvalue weighted by Gasteiger charge is 2.60. The van der Waals surface area contributed by atoms with Crippen molar-refractivity contribution in [3.8, 4) is 0 Å². The maximum Gasteiger partial charge on any atom is 0.407 e. The molecular weight excluding hydrogens is 1520 g/mol. The van der Waals surface area contributed by atoms with Crippen molar-refractivity contribution < 1.29 is 177 Å². The van der Waals surface area contributed by atoms with Gasteiger partial charge in [-0.2, -0.15) is 58.9 Å². The van der Waals surface area contributed by atoms with E-state index < -0.39 is 235 Å². The van der Waals surface area contributed by atoms with Gasteiger partial charge in [0.25, 0.3) is 0 Å². The molecule has 1 saturated carbocycles. The van der Waals surface area contributed by atoms with Crippen LogP contribution in [-0.4, -0.2) is 220 Å². The normalized spacial score (nSPS) is 26.1. The van der Waals surface area contributed by atoms with Crippen LogP contribution in [0.1, 0.15) is 28.7 Å². The first-order chi connectivity index (χ1) is 47.0. The first-order valence-corrected chi connectivity index (χ1v) is 37.6. The largest absolute Gasteiger partial charge is 0.445 e. The summed E-state index contributed by atoms with van der Waals surface area (Å²) in [6.45, 7) is -5.72. The molecule has 2 saturated heterocycles. The molecule has 562 valence electrons. The van der Waals surface area contributed by atoms with Crippen molar-refractivity contribution in [2.45, 2.75) is 125 Å². The molecule has 0 spiro atoms. The minimum Gasteiger partial charge on any atom is -0.445 e. The second-order valence-electron chi connectivity index (χ2n) is 21.0. The molecule has 15 atom stereocenters. The fourth-order valence-corrected chi connectivity index (χ4v) is 13.3. The van der Waals surface area contributed by atoms with Gasteiger partial charge in [-0.15, -0.1) is 0 Å². The van der Waals surface area contributed by atoms with Crippen molar-refractivity contribution in [2.75, 3.05) is 13.2 Å². The quantitative estimate of drug-likeness (QED) is 0.0214. The summed E-state index contributed by atoms with van der Waals surface area (Å²) in [7, 11) is -43.0. The number of nitrogens with one attached hydrogen (secondary N) is 4. The molecule has 0 bridgehead atoms. The van der Waals surface area contributed by atoms with E-state index in [9.17, 15) is 110 Å². The predicted molar refractivity (Wildman–Crippen MR) is 323 cm³/mol. The Hall–Kier alpha value is -7.11. The van der Waals surface area contributed by atoms with Crippen molar-refractivity contribution in [1.82, 2.24) is 21.3 Å². The molecule has 1 aliphatic carbocycles. The maximum atomic E-state index is 14.1. The number of benzene rings is 4. The maximum absolute atomic E-state index is 14.1. The number of hydrogen-bond donors (Lipinski definition) is 11. The molecule has 3 fully saturated rings. The lowest BCUT2D eigenvalue weighted by molar-refractivity contribution is -0.323. The smallest absolute Gasteiger partial charge is 0.407 e. The van der Waals surface area contributed by atoms with Gasteiger partial charge in [-0.25, -0.2) is 48.5 Å². The Morgan fingerprint density at radius 1 is 0.356 bits per heavy atom. The lowest BCUT2D eigenvalue weighted by Gasteiger charge is -2.50. The first kappa shape index (κ1) is 81.2. The highest BCUT2D eigenvalue weighted by Crippen LogP contribution is 2.39. The third kappa shape index (κ3) is 27.9. The Morgan fingerprint density at radius 2 is 0.663 bits per heavy atom. The minimum atomic E-state index is -6.37. The van der Waals surface area contributed by atoms with E-state index in [2.05, 4.69) is 31.5 Å². The molecule has 6 unspecified atom stereocenters. The molecule has 51 heteroatoms. The van der Waals surface area contributed by atoms with Crippen LogP contribution >= 0.6 is 0 Å². The van der Waals surface area contributed by atoms with E-state index in [-0.39, 0.29) is 16.7 Å². The highest BCUT2D eigenvalue weighted by molar-refractivity contribution is 7.82. The summed E-state index contributed by atoms with van der Waals surface area (Å²) in [6.07, 6.45) is -44.2. The van der Waals surface area contributed by atoms with Crippen molar-refractivity contribution >= 4 is 97.2 Å². The van der Waals surface area contributed by atoms with Crippen molar-refractivity contribution in [3.63, 3.8) is 0 Å². The summed E-state index contributed by atoms with van der Waals surface area (Å²) in [4.78, 5) is 55.3. The van der Waals surface area contributed by atoms with Crippen LogP contribution in [0, 0.1) is 0 Å². The van der Waals surface area contributed by atoms with Crippen LogP contribution < -0.4 is 21.3 Å². The molecule has 4 amide bonds. The van der Waals surface area contributed by atoms with Crippen LogP contribution in [0.3, 0.4) is 0 Å². The number of carbonyl (C=O) groups excluding carboxylic acids is 4. The van der Waals surface area contributed by atoms with Gasteiger partial charge in [0.1, 0.15) is 75.3 Å². The molecule has 4 aromatic rings. The Bertz CT molecular complexity index is 4290. The van der Waals surface area contributed by atoms with Crippen molar-refractivity contribution in [2.24, 2.45) is 0 Å². The fourth-order valence-electron chi connectivity index (χ4n) is 9.95. The van der Waals surface area contributed by atoms with E-state index in [4.69, 9.17) is 46.3 Å². The fraction of sp³-hybridized carbons (Fsp3) is 0.440. The molecular formula is C50H60N4O40S7. The molecule has 0 radical (unpaired) electrons. The first-order valence-electron chi connectivity index (χ1n) is 28.1. The van der Waals surface area contributed by atoms with Crippen molar-refractivity contribution in [1.29, 1.82) is 0 Å². The number of hydrogen-bond acceptors (Lipinski definition) is 33. The number of rotatable bonds is 32. The van der Waals surface area contributed by atoms with Gasteiger partial charge in [-0.1, -0.05) is 121 Å². The molecule has 2 heterocycles. The molecule has 2 aliphatic heterocycles. The number of carbonyl (C=O) groups is 4. The molecule has 11 N–H and O–H groups in total. The summed E-state index contributed by atoms with van der Waals surface area (Å²) in [5.74, 6) is 0. The standard InChI is InChI=1S/C50H60N4O40S7/c55-47(80-23-28-13-5-1-6-14-28)51-22-34-40(90-97(65,66)67)43(93-100(74,75)76)44(94-101(77,78)79)46(85-34)88-38-33(53-49(57)82-25-30-17-9-3-10-18-30)21-32(52-48(56)81-24-29-15-7-2-8-16-29)37(42(38)92-99(71,72)73)87-45-41(91-98(68,69)70)36(54-50(58)83-26-31-19-11-4-12-20-31)39(89-96(62,63)64)35(86-45)27-84-95(59,60)61/h1-20,32-46H,21-27H2,(H,51,55)(H,52,56)(H,53,57)(H,54,58)(H,59,60,61)(H,62,63,64)(H,65,66,67)(H,68,69,70)(H,71,72,73)(H,74,75,76)(H,77,78,79)/t32-,33?,34?,35?,36+,37+,38?,39-,40?,41-,42-,43+,44-,45?,46+/m1/s1. The zero-order valence-corrected chi connectivity index (χ0v) is 56.3. The Labute approximate surface area is 573 Å². The van der Waals surface area contributed by atoms with Gasteiger partial charge >= 0.3 is 97.2 Å². The molecule has 7 rings (SSSR count). The molecule has 0 aromatic heterocycles. The van der Waals surface area contributed by atoms with Gasteiger partial charge in [0.05, 0.1) is 24.7 Å². The summed E-state index contributed by atoms with van der Waals surface area (Å²) in [6, 6.07) is 21.9. The minimum absolute atomic E-state index is 0.206. The van der Waals surface area contributed by atoms with E-state index in [0.29, 0.717) is 5.56 Å². The summed E-state index contributed by atoms with van der Waals surface area (Å²) in [5, 5.41) is 8.20. The lowest BCUT2D eigenvalue weighted by Crippen LogP contribution is -2.72. The topological polar surface area (TPSA) is 635 Å². The Kier molecular flexibility index (Phi) is 28.1. The third-order valence-corrected chi connectivity index (χ3v) is 17.0. The zero-order valence-electron chi connectivity index (χ0n) is 50.6. The second-order valence-corrected chi connectivity index (χ2v) is 28.3. The van der Waals surface area contributed by atoms with Crippen LogP contribution in [0.2, 0.25) is 0 Å². The number of amides is 4. The molecule has 101 heavy (non-hydrogen) atoms. The zero-order chi connectivity index (χ0) is 74.3. The summed E-state index contributed by atoms with van der Waals surface area (Å²) < 4.78 is 327. The second kappa shape index (κ2) is 34.9. The van der Waals surface area contributed by atoms with Gasteiger partial charge in [0, 0.05) is 6.54 Å². The van der Waals surface area contributed by atoms with E-state index in [1.807, 2.05) is 10.6 Å². The van der Waals surface area contributed by atoms with Crippen LogP contribution in [0.25, 0.3) is 0 Å². The van der Waals surface area contributed by atoms with Crippen LogP contribution in [0.5, 0.6) is 0 Å². The SMILES string of the molecule is O=C(NCC1O[C@@H](OC2C(NC(=O)OCc3ccccc3)C[C@@H](NC(=O)OCc3ccccc3)[C@H](OC3OC(COS(=O)(=O)O)[C@@H](OS(=O)(=O)O)[C@H](NC(=O)OCc4ccccc4)[C@H]3OS(=O)(=O)O)[C@H]2OS(=O)(=O)O)[C@H](OS(=O)(=O)O)[C@@H](OS(=O)(=O)O)C1OS(=O)(=O)O)OCc1ccccc1. The summed E-state index contributed by atoms with van der Waals surface area (Å²) in [5.41, 5.74) is 1.03. The Balaban J connectivity index is 1.45. The average molecular weight is 1580 g/mol. The van der Waals surface area contributed by atoms with E-state index in [1.54, 1.807) is 18.2 Å². The van der Waals surface area contributed by atoms with Gasteiger partial charge in [-0.3, -0.25) is 31.9 Å². The van der Waals surface area contributed by atoms with E-state index in [0.717, 1.165) is 0 Å². The number of ether oxygens (including phenoxy) is 8.